The Morgan fingerprint density at radius 3 is 1.34 bits per heavy atom. The highest BCUT2D eigenvalue weighted by Gasteiger charge is 2.28. The van der Waals surface area contributed by atoms with Crippen molar-refractivity contribution >= 4 is 38.0 Å². The fraction of sp³-hybridized carbons (Fsp3) is 0.936. The highest BCUT2D eigenvalue weighted by atomic mass is 32.2. The minimum absolute atomic E-state index is 0.0231. The molecule has 0 bridgehead atoms. The molecule has 0 fully saturated rings. The second-order valence-corrected chi connectivity index (χ2v) is 26.7. The van der Waals surface area contributed by atoms with Crippen LogP contribution in [-0.4, -0.2) is 233 Å². The maximum Gasteiger partial charge on any atom is 0.275 e. The molecule has 0 aromatic heterocycles. The second kappa shape index (κ2) is 33.6. The van der Waals surface area contributed by atoms with Crippen LogP contribution in [0.4, 0.5) is 0 Å². The van der Waals surface area contributed by atoms with Gasteiger partial charge in [-0.05, 0) is 62.3 Å². The number of amides is 3. The average molecular weight is 1030 g/mol. The summed E-state index contributed by atoms with van der Waals surface area (Å²) >= 11 is 0. The number of carbonyl (C=O) groups is 3. The molecule has 0 aliphatic heterocycles. The van der Waals surface area contributed by atoms with Crippen molar-refractivity contribution in [2.24, 2.45) is 5.41 Å². The number of ether oxygens (including phenoxy) is 4. The van der Waals surface area contributed by atoms with Crippen molar-refractivity contribution in [3.8, 4) is 0 Å². The number of nitrogens with one attached hydrogen (secondary N) is 2. The first-order valence-electron chi connectivity index (χ1n) is 23.7. The third-order valence-corrected chi connectivity index (χ3v) is 10.6. The summed E-state index contributed by atoms with van der Waals surface area (Å²) in [6, 6.07) is 0. The van der Waals surface area contributed by atoms with Crippen LogP contribution >= 0.6 is 0 Å². The van der Waals surface area contributed by atoms with Crippen molar-refractivity contribution in [2.75, 3.05) is 154 Å². The summed E-state index contributed by atoms with van der Waals surface area (Å²) in [6.45, 7) is 30.9. The molecule has 0 heterocycles. The summed E-state index contributed by atoms with van der Waals surface area (Å²) in [6.07, 6.45) is 2.61. The zero-order valence-corrected chi connectivity index (χ0v) is 48.5. The average Bonchev–Trinajstić information content (AvgIpc) is 3.07. The molecule has 19 nitrogen and oxygen atoms in total. The normalized spacial score (nSPS) is 12.9. The summed E-state index contributed by atoms with van der Waals surface area (Å²) in [7, 11) is 9.12. The Balaban J connectivity index is -0.000000476. The van der Waals surface area contributed by atoms with E-state index in [2.05, 4.69) is 10.6 Å². The van der Waals surface area contributed by atoms with Gasteiger partial charge in [0.25, 0.3) is 16.0 Å². The molecule has 0 aliphatic rings. The quantitative estimate of drug-likeness (QED) is 0.0602. The lowest BCUT2D eigenvalue weighted by Crippen LogP contribution is -2.49. The lowest BCUT2D eigenvalue weighted by atomic mass is 9.94. The van der Waals surface area contributed by atoms with Gasteiger partial charge in [-0.25, -0.2) is 8.42 Å². The van der Waals surface area contributed by atoms with E-state index in [4.69, 9.17) is 23.5 Å². The van der Waals surface area contributed by atoms with Gasteiger partial charge >= 0.3 is 0 Å². The maximum absolute atomic E-state index is 13.0. The van der Waals surface area contributed by atoms with Gasteiger partial charge in [-0.3, -0.25) is 18.9 Å². The standard InChI is InChI=1S/C21H45N3O7S2.C10H21NO3.C9H20N2O.C7H16O2/c1-21(2,3)20(25)22(12-8-14-23(4,5)16-10-18-32(26,27)28)13-9-15-24(6,7)17-11-19-33(29,30)31;1-10(2,3)11-9(12)5-6-14-8-7-13-4;1-9(2,3)10-8(12)7-11(4,5)6;1-7(2,3)9-6-5-8-4/h8-19H2,1-7H3;5-8H2,1-4H3,(H,11,12);7H2,1-6H3;5-6H2,1-4H3/p+2. The molecule has 0 aromatic carbocycles. The number of methoxy groups -OCH3 is 2. The Labute approximate surface area is 416 Å². The molecule has 0 unspecified atom stereocenters. The minimum Gasteiger partial charge on any atom is -0.748 e. The van der Waals surface area contributed by atoms with Crippen LogP contribution in [-0.2, 0) is 53.6 Å². The third kappa shape index (κ3) is 58.3. The van der Waals surface area contributed by atoms with Gasteiger partial charge in [0.15, 0.2) is 6.54 Å². The Hall–Kier alpha value is -2.05. The molecule has 0 aromatic rings. The zero-order valence-electron chi connectivity index (χ0n) is 46.9. The number of nitrogens with zero attached hydrogens (tertiary/aromatic N) is 4. The highest BCUT2D eigenvalue weighted by Crippen LogP contribution is 2.19. The Morgan fingerprint density at radius 1 is 0.588 bits per heavy atom. The molecule has 3 amide bonds. The summed E-state index contributed by atoms with van der Waals surface area (Å²) in [5.74, 6) is -0.411. The zero-order chi connectivity index (χ0) is 54.5. The first-order valence-corrected chi connectivity index (χ1v) is 26.9. The van der Waals surface area contributed by atoms with E-state index in [-0.39, 0.29) is 45.9 Å². The molecule has 0 saturated carbocycles. The summed E-state index contributed by atoms with van der Waals surface area (Å²) < 4.78 is 85.2. The van der Waals surface area contributed by atoms with Crippen LogP contribution in [0.25, 0.3) is 0 Å². The predicted molar refractivity (Wildman–Crippen MR) is 273 cm³/mol. The van der Waals surface area contributed by atoms with Crippen LogP contribution < -0.4 is 10.6 Å². The number of rotatable bonds is 27. The largest absolute Gasteiger partial charge is 0.748 e. The molecular formula is C47H104N6O13S2+2. The summed E-state index contributed by atoms with van der Waals surface area (Å²) in [4.78, 5) is 37.5. The Bertz CT molecular complexity index is 1520. The highest BCUT2D eigenvalue weighted by molar-refractivity contribution is 7.85. The van der Waals surface area contributed by atoms with Gasteiger partial charge in [0.2, 0.25) is 11.8 Å². The van der Waals surface area contributed by atoms with Crippen molar-refractivity contribution in [3.63, 3.8) is 0 Å². The van der Waals surface area contributed by atoms with Gasteiger partial charge < -0.3 is 52.5 Å². The SMILES string of the molecule is CC(C)(C)C(=O)N(CCC[N+](C)(C)CCCS(=O)(=O)[O-])CCC[N+](C)(C)CCCS(=O)(=O)O.CC(C)(C)NC(=O)C[N+](C)(C)C.COCCOC(C)(C)C.COCCOCCC(=O)NC(C)(C)C. The van der Waals surface area contributed by atoms with E-state index in [0.717, 1.165) is 25.9 Å². The molecule has 68 heavy (non-hydrogen) atoms. The molecule has 0 saturated heterocycles. The van der Waals surface area contributed by atoms with Gasteiger partial charge in [0.05, 0.1) is 130 Å². The van der Waals surface area contributed by atoms with Crippen LogP contribution in [0.1, 0.15) is 115 Å². The van der Waals surface area contributed by atoms with Crippen LogP contribution in [0, 0.1) is 5.41 Å². The first-order chi connectivity index (χ1) is 30.3. The lowest BCUT2D eigenvalue weighted by molar-refractivity contribution is -0.890. The molecule has 0 aliphatic carbocycles. The van der Waals surface area contributed by atoms with Gasteiger partial charge in [-0.15, -0.1) is 0 Å². The summed E-state index contributed by atoms with van der Waals surface area (Å²) in [5, 5.41) is 5.78. The molecular weight excluding hydrogens is 921 g/mol. The molecule has 21 heteroatoms. The van der Waals surface area contributed by atoms with Crippen molar-refractivity contribution < 1.29 is 72.7 Å². The van der Waals surface area contributed by atoms with E-state index in [1.807, 2.05) is 137 Å². The topological polar surface area (TPSA) is 227 Å². The number of carbonyl (C=O) groups excluding carboxylic acids is 3. The fourth-order valence-electron chi connectivity index (χ4n) is 5.95. The van der Waals surface area contributed by atoms with Crippen molar-refractivity contribution in [1.82, 2.24) is 15.5 Å². The van der Waals surface area contributed by atoms with Crippen LogP contribution in [0.5, 0.6) is 0 Å². The minimum atomic E-state index is -4.20. The van der Waals surface area contributed by atoms with E-state index in [9.17, 15) is 35.8 Å². The smallest absolute Gasteiger partial charge is 0.275 e. The van der Waals surface area contributed by atoms with Crippen molar-refractivity contribution in [3.05, 3.63) is 0 Å². The van der Waals surface area contributed by atoms with E-state index in [0.29, 0.717) is 98.5 Å². The van der Waals surface area contributed by atoms with E-state index < -0.39 is 25.7 Å². The molecule has 3 N–H and O–H groups in total. The Morgan fingerprint density at radius 2 is 0.985 bits per heavy atom. The fourth-order valence-corrected chi connectivity index (χ4v) is 6.92. The number of hydrogen-bond donors (Lipinski definition) is 3. The van der Waals surface area contributed by atoms with Crippen LogP contribution in [0.15, 0.2) is 0 Å². The monoisotopic (exact) mass is 1020 g/mol. The third-order valence-electron chi connectivity index (χ3n) is 9.01. The van der Waals surface area contributed by atoms with E-state index >= 15 is 0 Å². The van der Waals surface area contributed by atoms with Gasteiger partial charge in [0, 0.05) is 81.7 Å². The second-order valence-electron chi connectivity index (χ2n) is 23.6. The molecule has 0 atom stereocenters. The maximum atomic E-state index is 13.0. The predicted octanol–water partition coefficient (Wildman–Crippen LogP) is 4.02. The first kappa shape index (κ1) is 72.5. The lowest BCUT2D eigenvalue weighted by Gasteiger charge is -2.34. The molecule has 0 rings (SSSR count). The molecule has 0 spiro atoms. The van der Waals surface area contributed by atoms with E-state index in [1.54, 1.807) is 14.2 Å². The van der Waals surface area contributed by atoms with Crippen LogP contribution in [0.2, 0.25) is 0 Å². The van der Waals surface area contributed by atoms with Gasteiger partial charge in [0.1, 0.15) is 0 Å². The summed E-state index contributed by atoms with van der Waals surface area (Å²) in [5.41, 5.74) is -0.818. The number of quaternary nitrogens is 3. The van der Waals surface area contributed by atoms with Gasteiger partial charge in [-0.1, -0.05) is 20.8 Å². The Kier molecular flexibility index (Phi) is 35.8. The van der Waals surface area contributed by atoms with Crippen LogP contribution in [0.3, 0.4) is 0 Å². The number of hydrogen-bond acceptors (Lipinski definition) is 12. The van der Waals surface area contributed by atoms with Crippen molar-refractivity contribution in [2.45, 2.75) is 132 Å². The molecule has 0 radical (unpaired) electrons. The van der Waals surface area contributed by atoms with Gasteiger partial charge in [-0.2, -0.15) is 8.42 Å². The van der Waals surface area contributed by atoms with Crippen molar-refractivity contribution in [1.29, 1.82) is 0 Å². The van der Waals surface area contributed by atoms with E-state index in [1.165, 1.54) is 0 Å². The number of likely N-dealkylation sites (N-methyl/N-ethyl adjacent to an activating group) is 1. The molecule has 410 valence electrons.